The van der Waals surface area contributed by atoms with E-state index < -0.39 is 0 Å². The number of benzene rings is 1. The van der Waals surface area contributed by atoms with Crippen LogP contribution in [0.5, 0.6) is 0 Å². The SMILES string of the molecule is CCN(CC)CCC[C@@H](C)NC(=O)c1cc(-c2cccs2)nn1-c1ccc(C)cc1. The Morgan fingerprint density at radius 2 is 1.93 bits per heavy atom. The van der Waals surface area contributed by atoms with Crippen LogP contribution in [-0.4, -0.2) is 46.3 Å². The number of amides is 1. The molecule has 0 aliphatic heterocycles. The van der Waals surface area contributed by atoms with Crippen molar-refractivity contribution in [2.75, 3.05) is 19.6 Å². The molecule has 0 spiro atoms. The predicted molar refractivity (Wildman–Crippen MR) is 126 cm³/mol. The monoisotopic (exact) mass is 424 g/mol. The molecule has 160 valence electrons. The number of nitrogens with zero attached hydrogens (tertiary/aromatic N) is 3. The van der Waals surface area contributed by atoms with E-state index in [1.165, 1.54) is 5.56 Å². The first-order chi connectivity index (χ1) is 14.5. The van der Waals surface area contributed by atoms with Gasteiger partial charge in [0, 0.05) is 6.04 Å². The molecule has 3 rings (SSSR count). The molecule has 1 atom stereocenters. The largest absolute Gasteiger partial charge is 0.348 e. The van der Waals surface area contributed by atoms with Gasteiger partial charge in [-0.3, -0.25) is 4.79 Å². The van der Waals surface area contributed by atoms with Crippen LogP contribution in [0.4, 0.5) is 0 Å². The van der Waals surface area contributed by atoms with Gasteiger partial charge in [0.05, 0.1) is 10.6 Å². The summed E-state index contributed by atoms with van der Waals surface area (Å²) in [7, 11) is 0. The fourth-order valence-electron chi connectivity index (χ4n) is 3.50. The second-order valence-electron chi connectivity index (χ2n) is 7.68. The molecular weight excluding hydrogens is 392 g/mol. The quantitative estimate of drug-likeness (QED) is 0.490. The summed E-state index contributed by atoms with van der Waals surface area (Å²) in [5.41, 5.74) is 3.46. The van der Waals surface area contributed by atoms with Gasteiger partial charge in [-0.2, -0.15) is 5.10 Å². The van der Waals surface area contributed by atoms with Gasteiger partial charge in [-0.25, -0.2) is 4.68 Å². The van der Waals surface area contributed by atoms with Gasteiger partial charge in [-0.05, 0) is 76.0 Å². The van der Waals surface area contributed by atoms with Crippen LogP contribution in [0.1, 0.15) is 49.7 Å². The van der Waals surface area contributed by atoms with Gasteiger partial charge in [-0.15, -0.1) is 11.3 Å². The third-order valence-electron chi connectivity index (χ3n) is 5.38. The molecule has 1 amide bonds. The number of rotatable bonds is 10. The first-order valence-corrected chi connectivity index (χ1v) is 11.6. The lowest BCUT2D eigenvalue weighted by Gasteiger charge is -2.20. The Balaban J connectivity index is 1.76. The average Bonchev–Trinajstić information content (AvgIpc) is 3.41. The van der Waals surface area contributed by atoms with Gasteiger partial charge in [0.15, 0.2) is 0 Å². The molecule has 30 heavy (non-hydrogen) atoms. The molecule has 1 N–H and O–H groups in total. The van der Waals surface area contributed by atoms with Crippen LogP contribution in [-0.2, 0) is 0 Å². The third kappa shape index (κ3) is 5.58. The Labute approximate surface area is 183 Å². The lowest BCUT2D eigenvalue weighted by atomic mass is 10.1. The molecule has 0 saturated carbocycles. The van der Waals surface area contributed by atoms with Gasteiger partial charge in [-0.1, -0.05) is 37.6 Å². The van der Waals surface area contributed by atoms with Gasteiger partial charge < -0.3 is 10.2 Å². The predicted octanol–water partition coefficient (Wildman–Crippen LogP) is 5.15. The van der Waals surface area contributed by atoms with Crippen LogP contribution in [0, 0.1) is 6.92 Å². The van der Waals surface area contributed by atoms with E-state index >= 15 is 0 Å². The van der Waals surface area contributed by atoms with Gasteiger partial charge in [0.25, 0.3) is 5.91 Å². The number of hydrogen-bond donors (Lipinski definition) is 1. The zero-order valence-electron chi connectivity index (χ0n) is 18.4. The van der Waals surface area contributed by atoms with Crippen molar-refractivity contribution in [2.45, 2.75) is 46.6 Å². The third-order valence-corrected chi connectivity index (χ3v) is 6.27. The van der Waals surface area contributed by atoms with Gasteiger partial charge in [0.2, 0.25) is 0 Å². The van der Waals surface area contributed by atoms with E-state index in [4.69, 9.17) is 5.10 Å². The molecule has 3 aromatic rings. The van der Waals surface area contributed by atoms with Gasteiger partial charge in [0.1, 0.15) is 11.4 Å². The van der Waals surface area contributed by atoms with Crippen molar-refractivity contribution >= 4 is 17.2 Å². The van der Waals surface area contributed by atoms with E-state index in [0.29, 0.717) is 5.69 Å². The van der Waals surface area contributed by atoms with Crippen molar-refractivity contribution in [3.8, 4) is 16.3 Å². The van der Waals surface area contributed by atoms with Crippen molar-refractivity contribution in [3.05, 3.63) is 59.1 Å². The van der Waals surface area contributed by atoms with E-state index in [0.717, 1.165) is 48.7 Å². The van der Waals surface area contributed by atoms with Crippen molar-refractivity contribution in [1.82, 2.24) is 20.0 Å². The topological polar surface area (TPSA) is 50.2 Å². The first kappa shape index (κ1) is 22.2. The Hall–Kier alpha value is -2.44. The Morgan fingerprint density at radius 3 is 2.57 bits per heavy atom. The van der Waals surface area contributed by atoms with Crippen molar-refractivity contribution in [3.63, 3.8) is 0 Å². The summed E-state index contributed by atoms with van der Waals surface area (Å²) in [6.07, 6.45) is 2.03. The van der Waals surface area contributed by atoms with Crippen LogP contribution < -0.4 is 5.32 Å². The zero-order chi connectivity index (χ0) is 21.5. The van der Waals surface area contributed by atoms with Crippen LogP contribution in [0.2, 0.25) is 0 Å². The Kier molecular flexibility index (Phi) is 7.82. The Morgan fingerprint density at radius 1 is 1.20 bits per heavy atom. The number of aromatic nitrogens is 2. The molecule has 0 saturated heterocycles. The van der Waals surface area contributed by atoms with Gasteiger partial charge >= 0.3 is 0 Å². The summed E-state index contributed by atoms with van der Waals surface area (Å²) in [6.45, 7) is 11.7. The molecule has 6 heteroatoms. The molecule has 2 heterocycles. The average molecular weight is 425 g/mol. The number of hydrogen-bond acceptors (Lipinski definition) is 4. The highest BCUT2D eigenvalue weighted by Crippen LogP contribution is 2.26. The minimum absolute atomic E-state index is 0.0822. The molecule has 2 aromatic heterocycles. The summed E-state index contributed by atoms with van der Waals surface area (Å²) < 4.78 is 1.76. The smallest absolute Gasteiger partial charge is 0.270 e. The number of thiophene rings is 1. The molecular formula is C24H32N4OS. The van der Waals surface area contributed by atoms with Crippen molar-refractivity contribution < 1.29 is 4.79 Å². The van der Waals surface area contributed by atoms with E-state index in [-0.39, 0.29) is 11.9 Å². The highest BCUT2D eigenvalue weighted by atomic mass is 32.1. The van der Waals surface area contributed by atoms with Crippen LogP contribution in [0.25, 0.3) is 16.3 Å². The summed E-state index contributed by atoms with van der Waals surface area (Å²) in [5.74, 6) is -0.0822. The maximum atomic E-state index is 13.1. The highest BCUT2D eigenvalue weighted by Gasteiger charge is 2.19. The summed E-state index contributed by atoms with van der Waals surface area (Å²) in [4.78, 5) is 16.6. The first-order valence-electron chi connectivity index (χ1n) is 10.8. The summed E-state index contributed by atoms with van der Waals surface area (Å²) in [5, 5.41) is 9.94. The molecule has 0 fully saturated rings. The molecule has 0 aliphatic rings. The number of carbonyl (C=O) groups is 1. The second kappa shape index (κ2) is 10.5. The lowest BCUT2D eigenvalue weighted by Crippen LogP contribution is -2.34. The molecule has 0 aliphatic carbocycles. The molecule has 5 nitrogen and oxygen atoms in total. The van der Waals surface area contributed by atoms with Crippen molar-refractivity contribution in [1.29, 1.82) is 0 Å². The van der Waals surface area contributed by atoms with Crippen LogP contribution in [0.15, 0.2) is 47.8 Å². The second-order valence-corrected chi connectivity index (χ2v) is 8.63. The molecule has 0 radical (unpaired) electrons. The maximum Gasteiger partial charge on any atom is 0.270 e. The zero-order valence-corrected chi connectivity index (χ0v) is 19.2. The van der Waals surface area contributed by atoms with E-state index in [9.17, 15) is 4.79 Å². The standard InChI is InChI=1S/C24H32N4OS/c1-5-27(6-2)15-7-9-19(4)25-24(29)22-17-21(23-10-8-16-30-23)26-28(22)20-13-11-18(3)12-14-20/h8,10-14,16-17,19H,5-7,9,15H2,1-4H3,(H,25,29)/t19-/m1/s1. The summed E-state index contributed by atoms with van der Waals surface area (Å²) in [6, 6.07) is 14.1. The fraction of sp³-hybridized carbons (Fsp3) is 0.417. The minimum atomic E-state index is -0.0822. The molecule has 0 unspecified atom stereocenters. The lowest BCUT2D eigenvalue weighted by molar-refractivity contribution is 0.0929. The van der Waals surface area contributed by atoms with Crippen LogP contribution in [0.3, 0.4) is 0 Å². The maximum absolute atomic E-state index is 13.1. The van der Waals surface area contributed by atoms with Crippen molar-refractivity contribution in [2.24, 2.45) is 0 Å². The minimum Gasteiger partial charge on any atom is -0.348 e. The molecule has 1 aromatic carbocycles. The fourth-order valence-corrected chi connectivity index (χ4v) is 4.18. The summed E-state index contributed by atoms with van der Waals surface area (Å²) >= 11 is 1.63. The number of aryl methyl sites for hydroxylation is 1. The number of carbonyl (C=O) groups excluding carboxylic acids is 1. The van der Waals surface area contributed by atoms with E-state index in [1.54, 1.807) is 16.0 Å². The normalized spacial score (nSPS) is 12.3. The highest BCUT2D eigenvalue weighted by molar-refractivity contribution is 7.13. The Bertz CT molecular complexity index is 927. The van der Waals surface area contributed by atoms with E-state index in [1.807, 2.05) is 47.8 Å². The number of nitrogens with one attached hydrogen (secondary N) is 1. The van der Waals surface area contributed by atoms with E-state index in [2.05, 4.69) is 37.9 Å². The molecule has 0 bridgehead atoms. The van der Waals surface area contributed by atoms with Crippen LogP contribution >= 0.6 is 11.3 Å².